The van der Waals surface area contributed by atoms with Gasteiger partial charge in [0, 0.05) is 30.4 Å². The van der Waals surface area contributed by atoms with Crippen molar-refractivity contribution >= 4 is 5.97 Å². The van der Waals surface area contributed by atoms with Crippen LogP contribution >= 0.6 is 0 Å². The molecule has 0 amide bonds. The Bertz CT molecular complexity index is 682. The fourth-order valence-corrected chi connectivity index (χ4v) is 3.58. The Morgan fingerprint density at radius 1 is 1.38 bits per heavy atom. The molecule has 0 unspecified atom stereocenters. The molecule has 5 nitrogen and oxygen atoms in total. The van der Waals surface area contributed by atoms with Crippen LogP contribution in [0.3, 0.4) is 0 Å². The monoisotopic (exact) mass is 368 g/mol. The first kappa shape index (κ1) is 19.0. The van der Waals surface area contributed by atoms with Gasteiger partial charge in [0.25, 0.3) is 0 Å². The molecule has 3 rings (SSSR count). The fourth-order valence-electron chi connectivity index (χ4n) is 3.58. The molecule has 1 aliphatic carbocycles. The van der Waals surface area contributed by atoms with E-state index in [9.17, 15) is 13.6 Å². The van der Waals surface area contributed by atoms with Gasteiger partial charge in [-0.25, -0.2) is 18.6 Å². The maximum Gasteiger partial charge on any atom is 0.356 e. The Hall–Kier alpha value is -1.76. The van der Waals surface area contributed by atoms with E-state index in [2.05, 4.69) is 10.3 Å². The average molecular weight is 368 g/mol. The Kier molecular flexibility index (Phi) is 5.19. The highest BCUT2D eigenvalue weighted by Crippen LogP contribution is 2.40. The molecule has 0 aromatic carbocycles. The van der Waals surface area contributed by atoms with Crippen molar-refractivity contribution in [2.24, 2.45) is 5.92 Å². The summed E-state index contributed by atoms with van der Waals surface area (Å²) in [6.45, 7) is 5.71. The van der Waals surface area contributed by atoms with Gasteiger partial charge < -0.3 is 14.8 Å². The highest BCUT2D eigenvalue weighted by Gasteiger charge is 2.37. The van der Waals surface area contributed by atoms with Gasteiger partial charge in [0.15, 0.2) is 0 Å². The van der Waals surface area contributed by atoms with E-state index in [-0.39, 0.29) is 29.9 Å². The molecular weight excluding hydrogens is 342 g/mol. The summed E-state index contributed by atoms with van der Waals surface area (Å²) in [5.74, 6) is -2.02. The third-order valence-electron chi connectivity index (χ3n) is 5.25. The fraction of sp³-hybridized carbons (Fsp3) is 0.684. The van der Waals surface area contributed by atoms with E-state index in [1.165, 1.54) is 7.11 Å². The quantitative estimate of drug-likeness (QED) is 0.807. The number of hydrogen-bond acceptors (Lipinski definition) is 5. The molecule has 0 saturated heterocycles. The predicted octanol–water partition coefficient (Wildman–Crippen LogP) is 3.45. The number of carbonyl (C=O) groups is 1. The second-order valence-electron chi connectivity index (χ2n) is 7.94. The van der Waals surface area contributed by atoms with Crippen molar-refractivity contribution in [3.8, 4) is 5.75 Å². The lowest BCUT2D eigenvalue weighted by atomic mass is 9.87. The minimum absolute atomic E-state index is 0.0339. The number of pyridine rings is 1. The first-order valence-corrected chi connectivity index (χ1v) is 9.06. The number of rotatable bonds is 5. The second-order valence-corrected chi connectivity index (χ2v) is 7.94. The number of nitrogens with zero attached hydrogens (tertiary/aromatic N) is 1. The number of nitrogens with one attached hydrogen (secondary N) is 1. The molecule has 1 saturated carbocycles. The standard InChI is InChI=1S/C19H26F2N2O3/c1-18(2)11-26-15-13(8-14(17(24)25-3)23-16(15)18)10-22-9-12-4-6-19(20,21)7-5-12/h8,12,22H,4-7,9-11H2,1-3H3. The number of hydrogen-bond donors (Lipinski definition) is 1. The lowest BCUT2D eigenvalue weighted by Crippen LogP contribution is -2.30. The predicted molar refractivity (Wildman–Crippen MR) is 92.7 cm³/mol. The largest absolute Gasteiger partial charge is 0.490 e. The number of esters is 1. The van der Waals surface area contributed by atoms with Crippen LogP contribution in [-0.2, 0) is 16.7 Å². The van der Waals surface area contributed by atoms with Crippen LogP contribution in [0, 0.1) is 5.92 Å². The van der Waals surface area contributed by atoms with Crippen molar-refractivity contribution < 1.29 is 23.0 Å². The van der Waals surface area contributed by atoms with Gasteiger partial charge >= 0.3 is 5.97 Å². The summed E-state index contributed by atoms with van der Waals surface area (Å²) < 4.78 is 37.1. The highest BCUT2D eigenvalue weighted by atomic mass is 19.3. The maximum atomic E-state index is 13.3. The van der Waals surface area contributed by atoms with Crippen LogP contribution < -0.4 is 10.1 Å². The highest BCUT2D eigenvalue weighted by molar-refractivity contribution is 5.87. The van der Waals surface area contributed by atoms with Gasteiger partial charge in [-0.2, -0.15) is 0 Å². The summed E-state index contributed by atoms with van der Waals surface area (Å²) in [5, 5.41) is 3.34. The minimum atomic E-state index is -2.50. The molecular formula is C19H26F2N2O3. The van der Waals surface area contributed by atoms with Crippen LogP contribution in [0.25, 0.3) is 0 Å². The van der Waals surface area contributed by atoms with Crippen molar-refractivity contribution in [3.05, 3.63) is 23.0 Å². The average Bonchev–Trinajstić information content (AvgIpc) is 2.91. The van der Waals surface area contributed by atoms with E-state index in [0.717, 1.165) is 11.3 Å². The van der Waals surface area contributed by atoms with E-state index >= 15 is 0 Å². The maximum absolute atomic E-state index is 13.3. The topological polar surface area (TPSA) is 60.5 Å². The van der Waals surface area contributed by atoms with Gasteiger partial charge in [-0.15, -0.1) is 0 Å². The normalized spacial score (nSPS) is 21.1. The van der Waals surface area contributed by atoms with E-state index in [1.54, 1.807) is 6.07 Å². The Labute approximate surface area is 152 Å². The van der Waals surface area contributed by atoms with Crippen LogP contribution in [0.15, 0.2) is 6.07 Å². The summed E-state index contributed by atoms with van der Waals surface area (Å²) in [4.78, 5) is 16.4. The molecule has 144 valence electrons. The SMILES string of the molecule is COC(=O)c1cc(CNCC2CCC(F)(F)CC2)c2c(n1)C(C)(C)CO2. The Morgan fingerprint density at radius 2 is 2.08 bits per heavy atom. The molecule has 0 spiro atoms. The summed E-state index contributed by atoms with van der Waals surface area (Å²) in [5.41, 5.74) is 1.60. The van der Waals surface area contributed by atoms with Gasteiger partial charge in [-0.05, 0) is 31.4 Å². The van der Waals surface area contributed by atoms with E-state index < -0.39 is 11.9 Å². The van der Waals surface area contributed by atoms with E-state index in [1.807, 2.05) is 13.8 Å². The number of methoxy groups -OCH3 is 1. The molecule has 0 bridgehead atoms. The molecule has 0 radical (unpaired) electrons. The van der Waals surface area contributed by atoms with Crippen molar-refractivity contribution in [2.45, 2.75) is 57.4 Å². The third kappa shape index (κ3) is 3.98. The van der Waals surface area contributed by atoms with Crippen LogP contribution in [0.1, 0.15) is 61.3 Å². The second kappa shape index (κ2) is 7.10. The summed E-state index contributed by atoms with van der Waals surface area (Å²) in [6.07, 6.45) is 0.998. The third-order valence-corrected chi connectivity index (χ3v) is 5.25. The molecule has 1 N–H and O–H groups in total. The zero-order valence-electron chi connectivity index (χ0n) is 15.5. The van der Waals surface area contributed by atoms with Crippen LogP contribution in [0.5, 0.6) is 5.75 Å². The lowest BCUT2D eigenvalue weighted by Gasteiger charge is -2.28. The Morgan fingerprint density at radius 3 is 2.73 bits per heavy atom. The zero-order valence-corrected chi connectivity index (χ0v) is 15.5. The van der Waals surface area contributed by atoms with Crippen molar-refractivity contribution in [2.75, 3.05) is 20.3 Å². The van der Waals surface area contributed by atoms with Gasteiger partial charge in [0.2, 0.25) is 5.92 Å². The molecule has 7 heteroatoms. The van der Waals surface area contributed by atoms with Crippen LogP contribution in [0.4, 0.5) is 8.78 Å². The number of aromatic nitrogens is 1. The van der Waals surface area contributed by atoms with Gasteiger partial charge in [-0.3, -0.25) is 0 Å². The molecule has 1 aliphatic heterocycles. The van der Waals surface area contributed by atoms with Crippen molar-refractivity contribution in [1.82, 2.24) is 10.3 Å². The molecule has 1 aromatic rings. The summed E-state index contributed by atoms with van der Waals surface area (Å²) in [7, 11) is 1.33. The lowest BCUT2D eigenvalue weighted by molar-refractivity contribution is -0.0455. The first-order chi connectivity index (χ1) is 12.2. The Balaban J connectivity index is 1.69. The smallest absolute Gasteiger partial charge is 0.356 e. The van der Waals surface area contributed by atoms with Gasteiger partial charge in [0.1, 0.15) is 11.4 Å². The van der Waals surface area contributed by atoms with Crippen molar-refractivity contribution in [1.29, 1.82) is 0 Å². The summed E-state index contributed by atoms with van der Waals surface area (Å²) in [6, 6.07) is 1.69. The number of fused-ring (bicyclic) bond motifs is 1. The molecule has 26 heavy (non-hydrogen) atoms. The number of halogens is 2. The number of alkyl halides is 2. The zero-order chi connectivity index (χ0) is 18.9. The van der Waals surface area contributed by atoms with E-state index in [0.29, 0.717) is 38.3 Å². The molecule has 0 atom stereocenters. The molecule has 1 aromatic heterocycles. The van der Waals surface area contributed by atoms with Gasteiger partial charge in [0.05, 0.1) is 19.4 Å². The van der Waals surface area contributed by atoms with Crippen molar-refractivity contribution in [3.63, 3.8) is 0 Å². The van der Waals surface area contributed by atoms with Crippen LogP contribution in [-0.4, -0.2) is 37.1 Å². The molecule has 2 heterocycles. The number of ether oxygens (including phenoxy) is 2. The van der Waals surface area contributed by atoms with Crippen LogP contribution in [0.2, 0.25) is 0 Å². The first-order valence-electron chi connectivity index (χ1n) is 9.06. The minimum Gasteiger partial charge on any atom is -0.490 e. The summed E-state index contributed by atoms with van der Waals surface area (Å²) >= 11 is 0. The van der Waals surface area contributed by atoms with E-state index in [4.69, 9.17) is 9.47 Å². The van der Waals surface area contributed by atoms with Gasteiger partial charge in [-0.1, -0.05) is 13.8 Å². The molecule has 1 fully saturated rings. The number of carbonyl (C=O) groups excluding carboxylic acids is 1. The molecule has 2 aliphatic rings.